The Morgan fingerprint density at radius 3 is 2.31 bits per heavy atom. The van der Waals surface area contributed by atoms with Gasteiger partial charge in [-0.2, -0.15) is 0 Å². The van der Waals surface area contributed by atoms with Gasteiger partial charge in [-0.3, -0.25) is 24.1 Å². The molecule has 3 amide bonds. The van der Waals surface area contributed by atoms with Crippen molar-refractivity contribution in [2.24, 2.45) is 11.8 Å². The number of benzene rings is 1. The number of fused-ring (bicyclic) bond motifs is 1. The van der Waals surface area contributed by atoms with E-state index in [1.165, 1.54) is 24.0 Å². The van der Waals surface area contributed by atoms with Crippen LogP contribution in [0.25, 0.3) is 0 Å². The van der Waals surface area contributed by atoms with Crippen molar-refractivity contribution in [3.05, 3.63) is 35.6 Å². The average molecular weight is 404 g/mol. The molecule has 1 aliphatic carbocycles. The van der Waals surface area contributed by atoms with Crippen molar-refractivity contribution in [2.45, 2.75) is 51.7 Å². The molecule has 1 aromatic carbocycles. The lowest BCUT2D eigenvalue weighted by Gasteiger charge is -2.19. The van der Waals surface area contributed by atoms with Gasteiger partial charge in [0.05, 0.1) is 18.3 Å². The zero-order chi connectivity index (χ0) is 21.0. The van der Waals surface area contributed by atoms with Gasteiger partial charge in [-0.1, -0.05) is 25.0 Å². The zero-order valence-corrected chi connectivity index (χ0v) is 16.4. The number of amides is 3. The smallest absolute Gasteiger partial charge is 0.308 e. The van der Waals surface area contributed by atoms with Crippen molar-refractivity contribution in [3.63, 3.8) is 0 Å². The van der Waals surface area contributed by atoms with Gasteiger partial charge in [0.25, 0.3) is 5.91 Å². The molecule has 1 N–H and O–H groups in total. The number of rotatable bonds is 7. The van der Waals surface area contributed by atoms with E-state index in [1.807, 2.05) is 0 Å². The lowest BCUT2D eigenvalue weighted by Crippen LogP contribution is -2.37. The number of halogens is 1. The summed E-state index contributed by atoms with van der Waals surface area (Å²) in [6.07, 6.45) is 2.17. The highest BCUT2D eigenvalue weighted by molar-refractivity contribution is 6.05. The van der Waals surface area contributed by atoms with Crippen molar-refractivity contribution in [1.29, 1.82) is 0 Å². The summed E-state index contributed by atoms with van der Waals surface area (Å²) in [5.41, 5.74) is 0.714. The molecule has 156 valence electrons. The lowest BCUT2D eigenvalue weighted by atomic mass is 9.81. The summed E-state index contributed by atoms with van der Waals surface area (Å²) in [5.74, 6) is -2.38. The topological polar surface area (TPSA) is 92.8 Å². The number of carbonyl (C=O) groups is 4. The second kappa shape index (κ2) is 9.15. The van der Waals surface area contributed by atoms with E-state index in [0.717, 1.165) is 25.7 Å². The van der Waals surface area contributed by atoms with Crippen LogP contribution in [0.1, 0.15) is 44.6 Å². The predicted molar refractivity (Wildman–Crippen MR) is 101 cm³/mol. The third-order valence-electron chi connectivity index (χ3n) is 5.53. The van der Waals surface area contributed by atoms with Crippen LogP contribution < -0.4 is 5.32 Å². The minimum absolute atomic E-state index is 0.0204. The number of ether oxygens (including phenoxy) is 1. The van der Waals surface area contributed by atoms with E-state index >= 15 is 0 Å². The van der Waals surface area contributed by atoms with Crippen LogP contribution in [0, 0.1) is 17.7 Å². The van der Waals surface area contributed by atoms with E-state index in [2.05, 4.69) is 5.32 Å². The Balaban J connectivity index is 1.42. The standard InChI is InChI=1S/C21H25FN2O5/c1-13(19(26)23-12-14-6-8-15(22)9-7-14)29-18(25)10-11-24-20(27)16-4-2-3-5-17(16)21(24)28/h6-9,13,16-17H,2-5,10-12H2,1H3,(H,23,26)/t13-,16+,17+/m1/s1. The molecular formula is C21H25FN2O5. The molecule has 1 saturated carbocycles. The minimum Gasteiger partial charge on any atom is -0.452 e. The number of nitrogens with zero attached hydrogens (tertiary/aromatic N) is 1. The van der Waals surface area contributed by atoms with Crippen molar-refractivity contribution in [2.75, 3.05) is 6.54 Å². The van der Waals surface area contributed by atoms with Gasteiger partial charge in [-0.05, 0) is 37.5 Å². The fraction of sp³-hybridized carbons (Fsp3) is 0.524. The number of hydrogen-bond acceptors (Lipinski definition) is 5. The second-order valence-electron chi connectivity index (χ2n) is 7.55. The Hall–Kier alpha value is -2.77. The number of nitrogens with one attached hydrogen (secondary N) is 1. The Kier molecular flexibility index (Phi) is 6.61. The van der Waals surface area contributed by atoms with Crippen LogP contribution >= 0.6 is 0 Å². The summed E-state index contributed by atoms with van der Waals surface area (Å²) in [5, 5.41) is 2.61. The SMILES string of the molecule is C[C@@H](OC(=O)CCN1C(=O)[C@H]2CCCC[C@@H]2C1=O)C(=O)NCc1ccc(F)cc1. The molecule has 1 aliphatic heterocycles. The van der Waals surface area contributed by atoms with Gasteiger partial charge in [-0.25, -0.2) is 4.39 Å². The highest BCUT2D eigenvalue weighted by Crippen LogP contribution is 2.37. The molecular weight excluding hydrogens is 379 g/mol. The largest absolute Gasteiger partial charge is 0.452 e. The van der Waals surface area contributed by atoms with E-state index in [1.54, 1.807) is 12.1 Å². The highest BCUT2D eigenvalue weighted by atomic mass is 19.1. The lowest BCUT2D eigenvalue weighted by molar-refractivity contribution is -0.155. The number of hydrogen-bond donors (Lipinski definition) is 1. The van der Waals surface area contributed by atoms with Gasteiger partial charge >= 0.3 is 5.97 Å². The summed E-state index contributed by atoms with van der Waals surface area (Å²) in [4.78, 5) is 50.1. The maximum absolute atomic E-state index is 12.9. The molecule has 29 heavy (non-hydrogen) atoms. The Morgan fingerprint density at radius 2 is 1.72 bits per heavy atom. The van der Waals surface area contributed by atoms with Crippen molar-refractivity contribution in [1.82, 2.24) is 10.2 Å². The van der Waals surface area contributed by atoms with E-state index < -0.39 is 18.0 Å². The van der Waals surface area contributed by atoms with E-state index in [4.69, 9.17) is 4.74 Å². The normalized spacial score (nSPS) is 22.2. The van der Waals surface area contributed by atoms with Crippen molar-refractivity contribution >= 4 is 23.7 Å². The fourth-order valence-corrected chi connectivity index (χ4v) is 3.90. The Labute approximate surface area is 168 Å². The average Bonchev–Trinajstić information content (AvgIpc) is 2.96. The number of carbonyl (C=O) groups excluding carboxylic acids is 4. The number of likely N-dealkylation sites (tertiary alicyclic amines) is 1. The van der Waals surface area contributed by atoms with Gasteiger partial charge in [0.2, 0.25) is 11.8 Å². The predicted octanol–water partition coefficient (Wildman–Crippen LogP) is 1.94. The first-order valence-corrected chi connectivity index (χ1v) is 9.93. The quantitative estimate of drug-likeness (QED) is 0.554. The van der Waals surface area contributed by atoms with Gasteiger partial charge in [0, 0.05) is 13.1 Å². The van der Waals surface area contributed by atoms with Crippen LogP contribution in [0.3, 0.4) is 0 Å². The first-order chi connectivity index (χ1) is 13.9. The monoisotopic (exact) mass is 404 g/mol. The van der Waals surface area contributed by atoms with Crippen LogP contribution in [0.2, 0.25) is 0 Å². The molecule has 0 unspecified atom stereocenters. The minimum atomic E-state index is -1.02. The Morgan fingerprint density at radius 1 is 1.14 bits per heavy atom. The van der Waals surface area contributed by atoms with Crippen LogP contribution in [-0.4, -0.2) is 41.2 Å². The summed E-state index contributed by atoms with van der Waals surface area (Å²) in [6.45, 7) is 1.60. The van der Waals surface area contributed by atoms with Crippen molar-refractivity contribution in [3.8, 4) is 0 Å². The van der Waals surface area contributed by atoms with Crippen LogP contribution in [0.5, 0.6) is 0 Å². The van der Waals surface area contributed by atoms with Gasteiger partial charge in [-0.15, -0.1) is 0 Å². The first kappa shape index (κ1) is 21.0. The number of esters is 1. The molecule has 7 nitrogen and oxygen atoms in total. The van der Waals surface area contributed by atoms with Gasteiger partial charge in [0.1, 0.15) is 5.82 Å². The van der Waals surface area contributed by atoms with E-state index in [9.17, 15) is 23.6 Å². The van der Waals surface area contributed by atoms with E-state index in [0.29, 0.717) is 5.56 Å². The van der Waals surface area contributed by atoms with Gasteiger partial charge < -0.3 is 10.1 Å². The second-order valence-corrected chi connectivity index (χ2v) is 7.55. The molecule has 2 fully saturated rings. The molecule has 2 aliphatic rings. The molecule has 1 aromatic rings. The molecule has 0 aromatic heterocycles. The maximum Gasteiger partial charge on any atom is 0.308 e. The molecule has 8 heteroatoms. The molecule has 3 rings (SSSR count). The van der Waals surface area contributed by atoms with Crippen LogP contribution in [0.4, 0.5) is 4.39 Å². The molecule has 3 atom stereocenters. The molecule has 0 radical (unpaired) electrons. The summed E-state index contributed by atoms with van der Waals surface area (Å²) >= 11 is 0. The molecule has 0 spiro atoms. The third-order valence-corrected chi connectivity index (χ3v) is 5.53. The molecule has 1 saturated heterocycles. The molecule has 1 heterocycles. The van der Waals surface area contributed by atoms with Gasteiger partial charge in [0.15, 0.2) is 6.10 Å². The van der Waals surface area contributed by atoms with Crippen LogP contribution in [-0.2, 0) is 30.5 Å². The zero-order valence-electron chi connectivity index (χ0n) is 16.4. The summed E-state index contributed by atoms with van der Waals surface area (Å²) in [7, 11) is 0. The summed E-state index contributed by atoms with van der Waals surface area (Å²) < 4.78 is 18.0. The highest BCUT2D eigenvalue weighted by Gasteiger charge is 2.47. The summed E-state index contributed by atoms with van der Waals surface area (Å²) in [6, 6.07) is 5.69. The number of imide groups is 1. The van der Waals surface area contributed by atoms with Crippen molar-refractivity contribution < 1.29 is 28.3 Å². The van der Waals surface area contributed by atoms with E-state index in [-0.39, 0.29) is 49.0 Å². The van der Waals surface area contributed by atoms with Crippen LogP contribution in [0.15, 0.2) is 24.3 Å². The third kappa shape index (κ3) is 4.99. The fourth-order valence-electron chi connectivity index (χ4n) is 3.90. The maximum atomic E-state index is 12.9. The Bertz CT molecular complexity index is 771. The molecule has 0 bridgehead atoms. The first-order valence-electron chi connectivity index (χ1n) is 9.93.